The zero-order chi connectivity index (χ0) is 18.2. The number of para-hydroxylation sites is 1. The van der Waals surface area contributed by atoms with Crippen molar-refractivity contribution in [2.75, 3.05) is 6.61 Å². The smallest absolute Gasteiger partial charge is 0.166 e. The quantitative estimate of drug-likeness (QED) is 0.522. The third kappa shape index (κ3) is 4.16. The van der Waals surface area contributed by atoms with Gasteiger partial charge in [0.15, 0.2) is 11.5 Å². The largest absolute Gasteiger partial charge is 0.504 e. The van der Waals surface area contributed by atoms with Gasteiger partial charge < -0.3 is 9.84 Å². The molecule has 0 spiro atoms. The van der Waals surface area contributed by atoms with Crippen molar-refractivity contribution in [2.45, 2.75) is 6.92 Å². The first-order chi connectivity index (χ1) is 12.8. The minimum absolute atomic E-state index is 0.0641. The van der Waals surface area contributed by atoms with Gasteiger partial charge in [-0.25, -0.2) is 0 Å². The standard InChI is InChI=1S/C22H20N2O2/c1-2-26-20-15-9-14-19(22(20)25)16-23-24-21(17-10-5-3-6-11-17)18-12-7-4-8-13-18/h3-16,25H,2H2,1H3/b23-16+. The number of phenols is 1. The first-order valence-corrected chi connectivity index (χ1v) is 8.46. The fourth-order valence-electron chi connectivity index (χ4n) is 2.54. The van der Waals surface area contributed by atoms with Crippen molar-refractivity contribution in [1.82, 2.24) is 0 Å². The van der Waals surface area contributed by atoms with Crippen LogP contribution in [0.4, 0.5) is 0 Å². The van der Waals surface area contributed by atoms with E-state index >= 15 is 0 Å². The Bertz CT molecular complexity index is 862. The third-order valence-electron chi connectivity index (χ3n) is 3.78. The third-order valence-corrected chi connectivity index (χ3v) is 3.78. The number of hydrogen-bond acceptors (Lipinski definition) is 4. The maximum Gasteiger partial charge on any atom is 0.166 e. The molecular weight excluding hydrogens is 324 g/mol. The van der Waals surface area contributed by atoms with Crippen molar-refractivity contribution in [1.29, 1.82) is 0 Å². The molecule has 0 aliphatic carbocycles. The lowest BCUT2D eigenvalue weighted by Crippen LogP contribution is -2.02. The molecule has 1 N–H and O–H groups in total. The molecule has 3 rings (SSSR count). The molecule has 4 heteroatoms. The molecule has 0 aromatic heterocycles. The molecule has 0 saturated carbocycles. The molecular formula is C22H20N2O2. The van der Waals surface area contributed by atoms with Crippen molar-refractivity contribution < 1.29 is 9.84 Å². The molecule has 130 valence electrons. The highest BCUT2D eigenvalue weighted by atomic mass is 16.5. The molecule has 0 bridgehead atoms. The van der Waals surface area contributed by atoms with Crippen molar-refractivity contribution in [3.05, 3.63) is 95.6 Å². The molecule has 0 amide bonds. The lowest BCUT2D eigenvalue weighted by molar-refractivity contribution is 0.318. The minimum atomic E-state index is 0.0641. The van der Waals surface area contributed by atoms with Gasteiger partial charge >= 0.3 is 0 Å². The van der Waals surface area contributed by atoms with Gasteiger partial charge in [0, 0.05) is 16.7 Å². The van der Waals surface area contributed by atoms with E-state index in [2.05, 4.69) is 10.2 Å². The van der Waals surface area contributed by atoms with Crippen LogP contribution in [0.15, 0.2) is 89.1 Å². The van der Waals surface area contributed by atoms with E-state index < -0.39 is 0 Å². The predicted molar refractivity (Wildman–Crippen MR) is 105 cm³/mol. The van der Waals surface area contributed by atoms with E-state index in [1.54, 1.807) is 12.1 Å². The second-order valence-corrected chi connectivity index (χ2v) is 5.55. The summed E-state index contributed by atoms with van der Waals surface area (Å²) in [6.07, 6.45) is 1.53. The van der Waals surface area contributed by atoms with Gasteiger partial charge in [0.2, 0.25) is 0 Å². The highest BCUT2D eigenvalue weighted by molar-refractivity contribution is 6.13. The van der Waals surface area contributed by atoms with Crippen LogP contribution in [-0.2, 0) is 0 Å². The molecule has 0 saturated heterocycles. The molecule has 0 radical (unpaired) electrons. The Morgan fingerprint density at radius 1 is 0.885 bits per heavy atom. The second-order valence-electron chi connectivity index (χ2n) is 5.55. The van der Waals surface area contributed by atoms with E-state index in [9.17, 15) is 5.11 Å². The monoisotopic (exact) mass is 344 g/mol. The average molecular weight is 344 g/mol. The van der Waals surface area contributed by atoms with Gasteiger partial charge in [-0.15, -0.1) is 5.10 Å². The van der Waals surface area contributed by atoms with Crippen LogP contribution >= 0.6 is 0 Å². The number of aromatic hydroxyl groups is 1. The summed E-state index contributed by atoms with van der Waals surface area (Å²) in [4.78, 5) is 0. The SMILES string of the molecule is CCOc1cccc(/C=N/N=C(c2ccccc2)c2ccccc2)c1O. The van der Waals surface area contributed by atoms with Gasteiger partial charge in [-0.05, 0) is 19.1 Å². The second kappa shape index (κ2) is 8.62. The van der Waals surface area contributed by atoms with E-state index in [0.717, 1.165) is 16.8 Å². The number of hydrogen-bond donors (Lipinski definition) is 1. The van der Waals surface area contributed by atoms with E-state index in [1.807, 2.05) is 73.7 Å². The normalized spacial score (nSPS) is 10.7. The summed E-state index contributed by atoms with van der Waals surface area (Å²) in [5, 5.41) is 18.9. The van der Waals surface area contributed by atoms with Gasteiger partial charge in [-0.2, -0.15) is 5.10 Å². The first kappa shape index (κ1) is 17.4. The van der Waals surface area contributed by atoms with Gasteiger partial charge in [0.25, 0.3) is 0 Å². The van der Waals surface area contributed by atoms with E-state index in [0.29, 0.717) is 17.9 Å². The minimum Gasteiger partial charge on any atom is -0.504 e. The summed E-state index contributed by atoms with van der Waals surface area (Å²) < 4.78 is 5.40. The highest BCUT2D eigenvalue weighted by Gasteiger charge is 2.07. The van der Waals surface area contributed by atoms with Crippen molar-refractivity contribution in [2.24, 2.45) is 10.2 Å². The Labute approximate surface area is 153 Å². The van der Waals surface area contributed by atoms with Crippen LogP contribution in [-0.4, -0.2) is 23.6 Å². The molecule has 0 heterocycles. The average Bonchev–Trinajstić information content (AvgIpc) is 2.69. The van der Waals surface area contributed by atoms with Crippen molar-refractivity contribution in [3.63, 3.8) is 0 Å². The van der Waals surface area contributed by atoms with Crippen LogP contribution in [0.1, 0.15) is 23.6 Å². The van der Waals surface area contributed by atoms with Gasteiger partial charge in [-0.3, -0.25) is 0 Å². The fraction of sp³-hybridized carbons (Fsp3) is 0.0909. The van der Waals surface area contributed by atoms with Gasteiger partial charge in [0.1, 0.15) is 5.71 Å². The predicted octanol–water partition coefficient (Wildman–Crippen LogP) is 4.66. The van der Waals surface area contributed by atoms with Gasteiger partial charge in [-0.1, -0.05) is 66.7 Å². The van der Waals surface area contributed by atoms with E-state index in [-0.39, 0.29) is 5.75 Å². The van der Waals surface area contributed by atoms with Gasteiger partial charge in [0.05, 0.1) is 12.8 Å². The lowest BCUT2D eigenvalue weighted by atomic mass is 10.0. The number of rotatable bonds is 6. The number of nitrogens with zero attached hydrogens (tertiary/aromatic N) is 2. The fourth-order valence-corrected chi connectivity index (χ4v) is 2.54. The Morgan fingerprint density at radius 2 is 1.50 bits per heavy atom. The zero-order valence-corrected chi connectivity index (χ0v) is 14.5. The molecule has 0 unspecified atom stereocenters. The summed E-state index contributed by atoms with van der Waals surface area (Å²) in [5.41, 5.74) is 3.27. The topological polar surface area (TPSA) is 54.2 Å². The molecule has 0 fully saturated rings. The molecule has 3 aromatic carbocycles. The number of benzene rings is 3. The molecule has 3 aromatic rings. The summed E-state index contributed by atoms with van der Waals surface area (Å²) >= 11 is 0. The Hall–Kier alpha value is -3.40. The summed E-state index contributed by atoms with van der Waals surface area (Å²) in [7, 11) is 0. The number of phenolic OH excluding ortho intramolecular Hbond substituents is 1. The van der Waals surface area contributed by atoms with Crippen LogP contribution in [0.5, 0.6) is 11.5 Å². The van der Waals surface area contributed by atoms with Crippen LogP contribution in [0, 0.1) is 0 Å². The first-order valence-electron chi connectivity index (χ1n) is 8.46. The highest BCUT2D eigenvalue weighted by Crippen LogP contribution is 2.28. The van der Waals surface area contributed by atoms with Crippen LogP contribution in [0.25, 0.3) is 0 Å². The summed E-state index contributed by atoms with van der Waals surface area (Å²) in [5.74, 6) is 0.501. The molecule has 0 aliphatic rings. The Morgan fingerprint density at radius 3 is 2.08 bits per heavy atom. The molecule has 26 heavy (non-hydrogen) atoms. The molecule has 0 atom stereocenters. The zero-order valence-electron chi connectivity index (χ0n) is 14.5. The van der Waals surface area contributed by atoms with Crippen LogP contribution in [0.2, 0.25) is 0 Å². The lowest BCUT2D eigenvalue weighted by Gasteiger charge is -2.07. The maximum absolute atomic E-state index is 10.3. The van der Waals surface area contributed by atoms with E-state index in [4.69, 9.17) is 4.74 Å². The van der Waals surface area contributed by atoms with Crippen LogP contribution < -0.4 is 4.74 Å². The number of ether oxygens (including phenoxy) is 1. The maximum atomic E-state index is 10.3. The van der Waals surface area contributed by atoms with Crippen LogP contribution in [0.3, 0.4) is 0 Å². The summed E-state index contributed by atoms with van der Waals surface area (Å²) in [6, 6.07) is 25.1. The van der Waals surface area contributed by atoms with Crippen molar-refractivity contribution >= 4 is 11.9 Å². The molecule has 4 nitrogen and oxygen atoms in total. The van der Waals surface area contributed by atoms with Crippen molar-refractivity contribution in [3.8, 4) is 11.5 Å². The molecule has 0 aliphatic heterocycles. The Balaban J connectivity index is 1.95. The van der Waals surface area contributed by atoms with E-state index in [1.165, 1.54) is 6.21 Å². The Kier molecular flexibility index (Phi) is 5.78. The summed E-state index contributed by atoms with van der Waals surface area (Å²) in [6.45, 7) is 2.36.